The van der Waals surface area contributed by atoms with Crippen LogP contribution in [0.1, 0.15) is 24.2 Å². The fraction of sp³-hybridized carbons (Fsp3) is 0.533. The summed E-state index contributed by atoms with van der Waals surface area (Å²) in [5.74, 6) is -1.03. The normalized spacial score (nSPS) is 17.1. The molecule has 128 valence electrons. The van der Waals surface area contributed by atoms with Gasteiger partial charge in [0.15, 0.2) is 0 Å². The van der Waals surface area contributed by atoms with Gasteiger partial charge in [0.05, 0.1) is 11.5 Å². The number of sulfonamides is 1. The molecule has 8 heteroatoms. The third-order valence-corrected chi connectivity index (χ3v) is 5.79. The van der Waals surface area contributed by atoms with E-state index in [1.807, 2.05) is 6.92 Å². The van der Waals surface area contributed by atoms with E-state index in [0.717, 1.165) is 6.54 Å². The quantitative estimate of drug-likeness (QED) is 0.833. The summed E-state index contributed by atoms with van der Waals surface area (Å²) in [5.41, 5.74) is -0.139. The van der Waals surface area contributed by atoms with Crippen LogP contribution in [0, 0.1) is 0 Å². The zero-order valence-corrected chi connectivity index (χ0v) is 14.2. The monoisotopic (exact) mass is 342 g/mol. The second-order valence-electron chi connectivity index (χ2n) is 5.23. The Kier molecular flexibility index (Phi) is 5.61. The van der Waals surface area contributed by atoms with Crippen molar-refractivity contribution in [2.45, 2.75) is 18.7 Å². The largest absolute Gasteiger partial charge is 0.493 e. The Balaban J connectivity index is 2.29. The number of carboxylic acid groups (broad SMARTS) is 1. The van der Waals surface area contributed by atoms with Gasteiger partial charge in [-0.05, 0) is 31.7 Å². The lowest BCUT2D eigenvalue weighted by atomic mass is 10.2. The predicted molar refractivity (Wildman–Crippen MR) is 85.4 cm³/mol. The number of hydrogen-bond acceptors (Lipinski definition) is 5. The molecule has 0 saturated carbocycles. The van der Waals surface area contributed by atoms with Crippen molar-refractivity contribution < 1.29 is 23.1 Å². The molecule has 1 aromatic carbocycles. The van der Waals surface area contributed by atoms with E-state index >= 15 is 0 Å². The van der Waals surface area contributed by atoms with Gasteiger partial charge >= 0.3 is 5.97 Å². The van der Waals surface area contributed by atoms with E-state index in [1.54, 1.807) is 6.92 Å². The summed E-state index contributed by atoms with van der Waals surface area (Å²) in [5, 5.41) is 9.26. The summed E-state index contributed by atoms with van der Waals surface area (Å²) >= 11 is 0. The number of rotatable bonds is 6. The lowest BCUT2D eigenvalue weighted by Crippen LogP contribution is -2.48. The Morgan fingerprint density at radius 1 is 1.22 bits per heavy atom. The molecule has 2 rings (SSSR count). The number of likely N-dealkylation sites (N-methyl/N-ethyl adjacent to an activating group) is 1. The van der Waals surface area contributed by atoms with Gasteiger partial charge < -0.3 is 14.7 Å². The molecule has 1 fully saturated rings. The summed E-state index contributed by atoms with van der Waals surface area (Å²) in [4.78, 5) is 13.5. The van der Waals surface area contributed by atoms with E-state index in [9.17, 15) is 18.3 Å². The Morgan fingerprint density at radius 3 is 2.39 bits per heavy atom. The molecule has 1 aromatic rings. The van der Waals surface area contributed by atoms with Gasteiger partial charge in [-0.3, -0.25) is 0 Å². The fourth-order valence-corrected chi connectivity index (χ4v) is 4.00. The maximum absolute atomic E-state index is 12.7. The van der Waals surface area contributed by atoms with Crippen LogP contribution in [0.15, 0.2) is 23.1 Å². The average molecular weight is 342 g/mol. The van der Waals surface area contributed by atoms with Crippen molar-refractivity contribution in [3.05, 3.63) is 23.8 Å². The molecule has 1 aliphatic rings. The molecule has 7 nitrogen and oxygen atoms in total. The summed E-state index contributed by atoms with van der Waals surface area (Å²) in [6.07, 6.45) is 0. The van der Waals surface area contributed by atoms with Crippen molar-refractivity contribution in [2.24, 2.45) is 0 Å². The zero-order valence-electron chi connectivity index (χ0n) is 13.4. The van der Waals surface area contributed by atoms with Gasteiger partial charge in [-0.15, -0.1) is 0 Å². The van der Waals surface area contributed by atoms with Crippen LogP contribution in [0.25, 0.3) is 0 Å². The highest BCUT2D eigenvalue weighted by Crippen LogP contribution is 2.25. The summed E-state index contributed by atoms with van der Waals surface area (Å²) < 4.78 is 32.0. The van der Waals surface area contributed by atoms with Gasteiger partial charge in [0.1, 0.15) is 11.3 Å². The Hall–Kier alpha value is -1.64. The molecule has 1 aliphatic heterocycles. The number of carboxylic acids is 1. The van der Waals surface area contributed by atoms with Crippen LogP contribution in [0.4, 0.5) is 0 Å². The Bertz CT molecular complexity index is 666. The van der Waals surface area contributed by atoms with Crippen LogP contribution >= 0.6 is 0 Å². The molecule has 0 atom stereocenters. The Labute approximate surface area is 136 Å². The van der Waals surface area contributed by atoms with Crippen molar-refractivity contribution in [2.75, 3.05) is 39.3 Å². The van der Waals surface area contributed by atoms with Crippen LogP contribution < -0.4 is 4.74 Å². The van der Waals surface area contributed by atoms with Crippen molar-refractivity contribution in [1.82, 2.24) is 9.21 Å². The first-order valence-corrected chi connectivity index (χ1v) is 9.06. The average Bonchev–Trinajstić information content (AvgIpc) is 2.55. The van der Waals surface area contributed by atoms with Crippen LogP contribution in [0.3, 0.4) is 0 Å². The minimum absolute atomic E-state index is 0.0108. The van der Waals surface area contributed by atoms with Gasteiger partial charge in [0.2, 0.25) is 10.0 Å². The molecule has 0 radical (unpaired) electrons. The van der Waals surface area contributed by atoms with Crippen LogP contribution in [-0.4, -0.2) is 68.0 Å². The van der Waals surface area contributed by atoms with Crippen molar-refractivity contribution in [1.29, 1.82) is 0 Å². The fourth-order valence-electron chi connectivity index (χ4n) is 2.55. The summed E-state index contributed by atoms with van der Waals surface area (Å²) in [6.45, 7) is 7.15. The smallest absolute Gasteiger partial charge is 0.339 e. The highest BCUT2D eigenvalue weighted by molar-refractivity contribution is 7.89. The highest BCUT2D eigenvalue weighted by Gasteiger charge is 2.29. The molecular weight excluding hydrogens is 320 g/mol. The SMILES string of the molecule is CCOc1ccc(S(=O)(=O)N2CCN(CC)CC2)cc1C(=O)O. The van der Waals surface area contributed by atoms with E-state index in [-0.39, 0.29) is 16.2 Å². The Morgan fingerprint density at radius 2 is 1.87 bits per heavy atom. The lowest BCUT2D eigenvalue weighted by molar-refractivity contribution is 0.0692. The minimum Gasteiger partial charge on any atom is -0.493 e. The van der Waals surface area contributed by atoms with Crippen LogP contribution in [0.5, 0.6) is 5.75 Å². The predicted octanol–water partition coefficient (Wildman–Crippen LogP) is 1.11. The molecule has 1 saturated heterocycles. The van der Waals surface area contributed by atoms with E-state index in [0.29, 0.717) is 32.8 Å². The summed E-state index contributed by atoms with van der Waals surface area (Å²) in [6, 6.07) is 3.98. The van der Waals surface area contributed by atoms with Crippen molar-refractivity contribution >= 4 is 16.0 Å². The second kappa shape index (κ2) is 7.29. The molecule has 0 unspecified atom stereocenters. The van der Waals surface area contributed by atoms with Gasteiger partial charge in [0.25, 0.3) is 0 Å². The number of benzene rings is 1. The molecule has 0 amide bonds. The minimum atomic E-state index is -3.69. The van der Waals surface area contributed by atoms with Crippen LogP contribution in [-0.2, 0) is 10.0 Å². The molecular formula is C15H22N2O5S. The first kappa shape index (κ1) is 17.7. The standard InChI is InChI=1S/C15H22N2O5S/c1-3-16-7-9-17(10-8-16)23(20,21)12-5-6-14(22-4-2)13(11-12)15(18)19/h5-6,11H,3-4,7-10H2,1-2H3,(H,18,19). The molecule has 0 aliphatic carbocycles. The van der Waals surface area contributed by atoms with Gasteiger partial charge in [-0.2, -0.15) is 4.31 Å². The van der Waals surface area contributed by atoms with Gasteiger partial charge in [-0.25, -0.2) is 13.2 Å². The summed E-state index contributed by atoms with van der Waals surface area (Å²) in [7, 11) is -3.69. The zero-order chi connectivity index (χ0) is 17.0. The number of hydrogen-bond donors (Lipinski definition) is 1. The molecule has 0 spiro atoms. The van der Waals surface area contributed by atoms with E-state index in [1.165, 1.54) is 22.5 Å². The number of carbonyl (C=O) groups is 1. The second-order valence-corrected chi connectivity index (χ2v) is 7.17. The first-order valence-electron chi connectivity index (χ1n) is 7.62. The van der Waals surface area contributed by atoms with Crippen molar-refractivity contribution in [3.8, 4) is 5.75 Å². The maximum Gasteiger partial charge on any atom is 0.339 e. The molecule has 1 N–H and O–H groups in total. The van der Waals surface area contributed by atoms with Gasteiger partial charge in [-0.1, -0.05) is 6.92 Å². The first-order chi connectivity index (χ1) is 10.9. The molecule has 23 heavy (non-hydrogen) atoms. The maximum atomic E-state index is 12.7. The molecule has 1 heterocycles. The lowest BCUT2D eigenvalue weighted by Gasteiger charge is -2.33. The van der Waals surface area contributed by atoms with E-state index < -0.39 is 16.0 Å². The van der Waals surface area contributed by atoms with Crippen molar-refractivity contribution in [3.63, 3.8) is 0 Å². The number of ether oxygens (including phenoxy) is 1. The molecule has 0 aromatic heterocycles. The number of aromatic carboxylic acids is 1. The number of piperazine rings is 1. The third-order valence-electron chi connectivity index (χ3n) is 3.90. The van der Waals surface area contributed by atoms with E-state index in [4.69, 9.17) is 4.74 Å². The third kappa shape index (κ3) is 3.82. The highest BCUT2D eigenvalue weighted by atomic mass is 32.2. The number of nitrogens with zero attached hydrogens (tertiary/aromatic N) is 2. The van der Waals surface area contributed by atoms with Gasteiger partial charge in [0, 0.05) is 26.2 Å². The van der Waals surface area contributed by atoms with E-state index in [2.05, 4.69) is 4.90 Å². The molecule has 0 bridgehead atoms. The topological polar surface area (TPSA) is 87.2 Å². The van der Waals surface area contributed by atoms with Crippen LogP contribution in [0.2, 0.25) is 0 Å².